The van der Waals surface area contributed by atoms with Gasteiger partial charge in [-0.25, -0.2) is 9.42 Å². The molecule has 9 nitrogen and oxygen atoms in total. The minimum Gasteiger partial charge on any atom is -0.379 e. The standard InChI is InChI=1S/C10H10N6O3/c11-8-7(15-19-16-8)9(17)13-5-1-3-6(4-2-5)14-10(12)18/h1-4H,(H2,11,16)(H,13,17)(H3,12,14,18). The summed E-state index contributed by atoms with van der Waals surface area (Å²) in [6, 6.07) is 5.63. The van der Waals surface area contributed by atoms with Gasteiger partial charge in [0.1, 0.15) is 0 Å². The van der Waals surface area contributed by atoms with Crippen molar-refractivity contribution in [3.63, 3.8) is 0 Å². The van der Waals surface area contributed by atoms with Gasteiger partial charge in [0.15, 0.2) is 0 Å². The smallest absolute Gasteiger partial charge is 0.316 e. The van der Waals surface area contributed by atoms with Crippen LogP contribution in [0.3, 0.4) is 0 Å². The minimum atomic E-state index is -0.668. The van der Waals surface area contributed by atoms with Crippen LogP contribution >= 0.6 is 0 Å². The minimum absolute atomic E-state index is 0.0930. The highest BCUT2D eigenvalue weighted by atomic mass is 16.6. The summed E-state index contributed by atoms with van der Waals surface area (Å²) in [6.07, 6.45) is 0. The van der Waals surface area contributed by atoms with Crippen LogP contribution in [-0.4, -0.2) is 22.3 Å². The first-order valence-corrected chi connectivity index (χ1v) is 5.12. The number of nitrogens with two attached hydrogens (primary N) is 2. The lowest BCUT2D eigenvalue weighted by molar-refractivity contribution is 0.101. The quantitative estimate of drug-likeness (QED) is 0.628. The van der Waals surface area contributed by atoms with Crippen molar-refractivity contribution in [1.82, 2.24) is 10.3 Å². The molecule has 0 unspecified atom stereocenters. The zero-order valence-electron chi connectivity index (χ0n) is 9.58. The van der Waals surface area contributed by atoms with Gasteiger partial charge in [-0.3, -0.25) is 4.79 Å². The van der Waals surface area contributed by atoms with Crippen LogP contribution in [0.2, 0.25) is 0 Å². The highest BCUT2D eigenvalue weighted by Gasteiger charge is 2.15. The lowest BCUT2D eigenvalue weighted by atomic mass is 10.2. The number of urea groups is 1. The van der Waals surface area contributed by atoms with Gasteiger partial charge in [0, 0.05) is 11.4 Å². The molecule has 2 aromatic rings. The van der Waals surface area contributed by atoms with E-state index in [-0.39, 0.29) is 11.5 Å². The molecule has 0 atom stereocenters. The van der Waals surface area contributed by atoms with Gasteiger partial charge in [-0.2, -0.15) is 0 Å². The second kappa shape index (κ2) is 5.04. The first-order chi connectivity index (χ1) is 9.06. The average molecular weight is 262 g/mol. The second-order valence-electron chi connectivity index (χ2n) is 3.52. The Labute approximate surface area is 106 Å². The number of primary amides is 1. The molecule has 0 saturated carbocycles. The number of nitrogen functional groups attached to an aromatic ring is 1. The molecule has 0 saturated heterocycles. The molecule has 2 rings (SSSR count). The van der Waals surface area contributed by atoms with Crippen LogP contribution in [-0.2, 0) is 0 Å². The van der Waals surface area contributed by atoms with E-state index in [0.717, 1.165) is 0 Å². The molecule has 6 N–H and O–H groups in total. The van der Waals surface area contributed by atoms with Crippen molar-refractivity contribution >= 4 is 29.1 Å². The maximum atomic E-state index is 11.7. The van der Waals surface area contributed by atoms with Gasteiger partial charge in [0.2, 0.25) is 11.5 Å². The Morgan fingerprint density at radius 2 is 1.63 bits per heavy atom. The number of rotatable bonds is 3. The molecule has 98 valence electrons. The molecule has 0 spiro atoms. The number of anilines is 3. The maximum absolute atomic E-state index is 11.7. The van der Waals surface area contributed by atoms with Crippen LogP contribution in [0.25, 0.3) is 0 Å². The fourth-order valence-corrected chi connectivity index (χ4v) is 1.32. The van der Waals surface area contributed by atoms with Crippen molar-refractivity contribution in [1.29, 1.82) is 0 Å². The van der Waals surface area contributed by atoms with E-state index in [9.17, 15) is 9.59 Å². The molecule has 19 heavy (non-hydrogen) atoms. The molecular formula is C10H10N6O3. The van der Waals surface area contributed by atoms with E-state index in [1.807, 2.05) is 0 Å². The molecule has 3 amide bonds. The number of hydrogen-bond donors (Lipinski definition) is 4. The molecule has 1 heterocycles. The van der Waals surface area contributed by atoms with Crippen molar-refractivity contribution in [2.75, 3.05) is 16.4 Å². The van der Waals surface area contributed by atoms with E-state index in [4.69, 9.17) is 11.5 Å². The average Bonchev–Trinajstić information content (AvgIpc) is 2.77. The summed E-state index contributed by atoms with van der Waals surface area (Å²) >= 11 is 0. The number of benzene rings is 1. The Morgan fingerprint density at radius 1 is 1.05 bits per heavy atom. The van der Waals surface area contributed by atoms with Gasteiger partial charge in [-0.05, 0) is 34.6 Å². The van der Waals surface area contributed by atoms with E-state index < -0.39 is 11.9 Å². The van der Waals surface area contributed by atoms with Crippen LogP contribution in [0.1, 0.15) is 10.5 Å². The summed E-state index contributed by atoms with van der Waals surface area (Å²) in [5.74, 6) is -0.640. The number of amides is 3. The Bertz CT molecular complexity index is 606. The van der Waals surface area contributed by atoms with Crippen molar-refractivity contribution in [3.8, 4) is 0 Å². The summed E-state index contributed by atoms with van der Waals surface area (Å²) in [7, 11) is 0. The topological polar surface area (TPSA) is 149 Å². The molecule has 0 bridgehead atoms. The molecule has 0 radical (unpaired) electrons. The maximum Gasteiger partial charge on any atom is 0.316 e. The Morgan fingerprint density at radius 3 is 2.11 bits per heavy atom. The molecule has 1 aromatic carbocycles. The Kier molecular flexibility index (Phi) is 3.28. The number of carbonyl (C=O) groups is 2. The number of nitrogens with zero attached hydrogens (tertiary/aromatic N) is 2. The van der Waals surface area contributed by atoms with Crippen molar-refractivity contribution in [3.05, 3.63) is 30.0 Å². The normalized spacial score (nSPS) is 9.89. The molecule has 9 heteroatoms. The van der Waals surface area contributed by atoms with E-state index in [2.05, 4.69) is 25.6 Å². The third kappa shape index (κ3) is 2.97. The Hall–Kier alpha value is -3.10. The summed E-state index contributed by atoms with van der Waals surface area (Å²) in [6.45, 7) is 0. The van der Waals surface area contributed by atoms with Crippen LogP contribution < -0.4 is 22.1 Å². The monoisotopic (exact) mass is 262 g/mol. The van der Waals surface area contributed by atoms with Crippen LogP contribution in [0, 0.1) is 0 Å². The third-order valence-electron chi connectivity index (χ3n) is 2.14. The van der Waals surface area contributed by atoms with Crippen LogP contribution in [0.5, 0.6) is 0 Å². The van der Waals surface area contributed by atoms with Crippen molar-refractivity contribution in [2.45, 2.75) is 0 Å². The Balaban J connectivity index is 2.06. The fourth-order valence-electron chi connectivity index (χ4n) is 1.32. The van der Waals surface area contributed by atoms with Gasteiger partial charge in [0.05, 0.1) is 0 Å². The van der Waals surface area contributed by atoms with Crippen molar-refractivity contribution in [2.24, 2.45) is 5.73 Å². The molecule has 0 aliphatic carbocycles. The van der Waals surface area contributed by atoms with E-state index in [1.54, 1.807) is 24.3 Å². The van der Waals surface area contributed by atoms with Crippen LogP contribution in [0.4, 0.5) is 22.0 Å². The third-order valence-corrected chi connectivity index (χ3v) is 2.14. The van der Waals surface area contributed by atoms with Gasteiger partial charge in [-0.15, -0.1) is 0 Å². The highest BCUT2D eigenvalue weighted by molar-refractivity contribution is 6.05. The lowest BCUT2D eigenvalue weighted by Gasteiger charge is -2.05. The van der Waals surface area contributed by atoms with Gasteiger partial charge < -0.3 is 22.1 Å². The lowest BCUT2D eigenvalue weighted by Crippen LogP contribution is -2.19. The van der Waals surface area contributed by atoms with Gasteiger partial charge in [0.25, 0.3) is 5.91 Å². The molecular weight excluding hydrogens is 252 g/mol. The number of aromatic nitrogens is 2. The van der Waals surface area contributed by atoms with Crippen molar-refractivity contribution < 1.29 is 14.2 Å². The first-order valence-electron chi connectivity index (χ1n) is 5.12. The molecule has 1 aromatic heterocycles. The molecule has 0 aliphatic rings. The number of hydrogen-bond acceptors (Lipinski definition) is 6. The van der Waals surface area contributed by atoms with Crippen LogP contribution in [0.15, 0.2) is 28.9 Å². The first kappa shape index (κ1) is 12.4. The fraction of sp³-hybridized carbons (Fsp3) is 0. The van der Waals surface area contributed by atoms with E-state index in [0.29, 0.717) is 11.4 Å². The van der Waals surface area contributed by atoms with Gasteiger partial charge in [-0.1, -0.05) is 0 Å². The van der Waals surface area contributed by atoms with E-state index >= 15 is 0 Å². The SMILES string of the molecule is NC(=O)Nc1ccc(NC(=O)c2nonc2N)cc1. The summed E-state index contributed by atoms with van der Waals surface area (Å²) in [5.41, 5.74) is 11.2. The van der Waals surface area contributed by atoms with Gasteiger partial charge >= 0.3 is 6.03 Å². The highest BCUT2D eigenvalue weighted by Crippen LogP contribution is 2.15. The summed E-state index contributed by atoms with van der Waals surface area (Å²) in [4.78, 5) is 22.3. The summed E-state index contributed by atoms with van der Waals surface area (Å²) in [5, 5.41) is 11.6. The van der Waals surface area contributed by atoms with E-state index in [1.165, 1.54) is 0 Å². The zero-order valence-corrected chi connectivity index (χ0v) is 9.58. The zero-order chi connectivity index (χ0) is 13.8. The predicted octanol–water partition coefficient (Wildman–Crippen LogP) is 0.395. The number of carbonyl (C=O) groups excluding carboxylic acids is 2. The second-order valence-corrected chi connectivity index (χ2v) is 3.52. The number of nitrogens with one attached hydrogen (secondary N) is 2. The largest absolute Gasteiger partial charge is 0.379 e. The molecule has 0 fully saturated rings. The predicted molar refractivity (Wildman–Crippen MR) is 66.3 cm³/mol. The molecule has 0 aliphatic heterocycles. The summed E-state index contributed by atoms with van der Waals surface area (Å²) < 4.78 is 4.32.